The Morgan fingerprint density at radius 2 is 1.79 bits per heavy atom. The molecule has 24 heavy (non-hydrogen) atoms. The standard InChI is InChI=1S/C14H16O5.C4H8O/c1-16-6-7-17-8-9-18-13-10-14(15)19-12-5-3-2-4-11(12)13;1-4(2)3-5/h2-5,10H,6-9H2,1H3;3-4H,1-2H3. The van der Waals surface area contributed by atoms with Crippen LogP contribution in [-0.2, 0) is 14.3 Å². The molecule has 0 unspecified atom stereocenters. The van der Waals surface area contributed by atoms with Gasteiger partial charge in [0.25, 0.3) is 0 Å². The lowest BCUT2D eigenvalue weighted by Gasteiger charge is -2.08. The third kappa shape index (κ3) is 7.39. The molecule has 1 heterocycles. The van der Waals surface area contributed by atoms with Gasteiger partial charge in [0.15, 0.2) is 0 Å². The maximum Gasteiger partial charge on any atom is 0.339 e. The van der Waals surface area contributed by atoms with E-state index >= 15 is 0 Å². The number of carbonyl (C=O) groups is 1. The monoisotopic (exact) mass is 336 g/mol. The molecule has 2 aromatic rings. The van der Waals surface area contributed by atoms with Gasteiger partial charge >= 0.3 is 5.63 Å². The van der Waals surface area contributed by atoms with E-state index in [1.165, 1.54) is 6.07 Å². The number of para-hydroxylation sites is 1. The van der Waals surface area contributed by atoms with Crippen molar-refractivity contribution in [1.82, 2.24) is 0 Å². The van der Waals surface area contributed by atoms with E-state index in [0.717, 1.165) is 11.7 Å². The van der Waals surface area contributed by atoms with Gasteiger partial charge in [-0.1, -0.05) is 26.0 Å². The molecule has 0 atom stereocenters. The number of rotatable bonds is 8. The second-order valence-electron chi connectivity index (χ2n) is 5.26. The minimum absolute atomic E-state index is 0.204. The highest BCUT2D eigenvalue weighted by atomic mass is 16.5. The largest absolute Gasteiger partial charge is 0.490 e. The molecule has 1 aromatic carbocycles. The van der Waals surface area contributed by atoms with Gasteiger partial charge in [0.1, 0.15) is 24.2 Å². The van der Waals surface area contributed by atoms with Crippen LogP contribution in [0.1, 0.15) is 13.8 Å². The van der Waals surface area contributed by atoms with Gasteiger partial charge in [0, 0.05) is 13.0 Å². The van der Waals surface area contributed by atoms with Crippen molar-refractivity contribution in [3.05, 3.63) is 40.8 Å². The molecule has 0 N–H and O–H groups in total. The highest BCUT2D eigenvalue weighted by molar-refractivity contribution is 5.82. The Labute approximate surface area is 141 Å². The number of ether oxygens (including phenoxy) is 3. The Morgan fingerprint density at radius 1 is 1.12 bits per heavy atom. The van der Waals surface area contributed by atoms with Crippen LogP contribution in [0.2, 0.25) is 0 Å². The topological polar surface area (TPSA) is 75.0 Å². The maximum atomic E-state index is 11.4. The minimum Gasteiger partial charge on any atom is -0.490 e. The molecule has 0 radical (unpaired) electrons. The van der Waals surface area contributed by atoms with Crippen molar-refractivity contribution in [1.29, 1.82) is 0 Å². The molecule has 0 fully saturated rings. The van der Waals surface area contributed by atoms with Crippen LogP contribution in [0.3, 0.4) is 0 Å². The fraction of sp³-hybridized carbons (Fsp3) is 0.444. The number of hydrogen-bond acceptors (Lipinski definition) is 6. The predicted octanol–water partition coefficient (Wildman–Crippen LogP) is 2.68. The normalized spacial score (nSPS) is 10.3. The molecule has 6 heteroatoms. The van der Waals surface area contributed by atoms with E-state index in [1.54, 1.807) is 13.2 Å². The van der Waals surface area contributed by atoms with E-state index in [9.17, 15) is 9.59 Å². The summed E-state index contributed by atoms with van der Waals surface area (Å²) >= 11 is 0. The van der Waals surface area contributed by atoms with E-state index in [0.29, 0.717) is 37.8 Å². The van der Waals surface area contributed by atoms with E-state index < -0.39 is 5.63 Å². The highest BCUT2D eigenvalue weighted by Gasteiger charge is 2.05. The number of carbonyl (C=O) groups excluding carboxylic acids is 1. The van der Waals surface area contributed by atoms with Gasteiger partial charge in [-0.15, -0.1) is 0 Å². The van der Waals surface area contributed by atoms with Crippen molar-refractivity contribution in [2.45, 2.75) is 13.8 Å². The minimum atomic E-state index is -0.422. The first-order valence-corrected chi connectivity index (χ1v) is 7.76. The van der Waals surface area contributed by atoms with Crippen molar-refractivity contribution in [3.63, 3.8) is 0 Å². The zero-order valence-corrected chi connectivity index (χ0v) is 14.3. The number of fused-ring (bicyclic) bond motifs is 1. The van der Waals surface area contributed by atoms with Crippen molar-refractivity contribution in [3.8, 4) is 5.75 Å². The molecule has 2 rings (SSSR count). The van der Waals surface area contributed by atoms with Gasteiger partial charge in [0.2, 0.25) is 0 Å². The van der Waals surface area contributed by atoms with Crippen LogP contribution in [-0.4, -0.2) is 39.8 Å². The quantitative estimate of drug-likeness (QED) is 0.419. The molecule has 0 aliphatic rings. The summed E-state index contributed by atoms with van der Waals surface area (Å²) < 4.78 is 20.8. The summed E-state index contributed by atoms with van der Waals surface area (Å²) in [4.78, 5) is 20.9. The van der Waals surface area contributed by atoms with Gasteiger partial charge in [0.05, 0.1) is 31.3 Å². The lowest BCUT2D eigenvalue weighted by atomic mass is 10.2. The van der Waals surface area contributed by atoms with E-state index in [1.807, 2.05) is 32.0 Å². The second-order valence-corrected chi connectivity index (χ2v) is 5.26. The molecule has 0 aliphatic carbocycles. The molecule has 0 saturated heterocycles. The highest BCUT2D eigenvalue weighted by Crippen LogP contribution is 2.22. The average molecular weight is 336 g/mol. The Hall–Kier alpha value is -2.18. The number of aldehydes is 1. The molecule has 0 bridgehead atoms. The Balaban J connectivity index is 0.000000505. The van der Waals surface area contributed by atoms with E-state index in [2.05, 4.69) is 0 Å². The van der Waals surface area contributed by atoms with Crippen LogP contribution in [0.5, 0.6) is 5.75 Å². The summed E-state index contributed by atoms with van der Waals surface area (Å²) in [5, 5.41) is 0.777. The van der Waals surface area contributed by atoms with Gasteiger partial charge in [-0.3, -0.25) is 0 Å². The van der Waals surface area contributed by atoms with Gasteiger partial charge in [-0.2, -0.15) is 0 Å². The third-order valence-electron chi connectivity index (χ3n) is 2.80. The molecule has 0 aliphatic heterocycles. The first-order valence-electron chi connectivity index (χ1n) is 7.76. The predicted molar refractivity (Wildman–Crippen MR) is 91.6 cm³/mol. The van der Waals surface area contributed by atoms with Crippen LogP contribution < -0.4 is 10.4 Å². The van der Waals surface area contributed by atoms with Crippen LogP contribution >= 0.6 is 0 Å². The molecule has 0 spiro atoms. The molecule has 132 valence electrons. The van der Waals surface area contributed by atoms with Gasteiger partial charge < -0.3 is 23.4 Å². The van der Waals surface area contributed by atoms with Gasteiger partial charge in [-0.25, -0.2) is 4.79 Å². The molecular formula is C18H24O6. The van der Waals surface area contributed by atoms with E-state index in [4.69, 9.17) is 18.6 Å². The van der Waals surface area contributed by atoms with Crippen LogP contribution in [0, 0.1) is 5.92 Å². The van der Waals surface area contributed by atoms with Crippen molar-refractivity contribution in [2.75, 3.05) is 33.5 Å². The summed E-state index contributed by atoms with van der Waals surface area (Å²) in [5.74, 6) is 0.720. The summed E-state index contributed by atoms with van der Waals surface area (Å²) in [6, 6.07) is 8.60. The zero-order valence-electron chi connectivity index (χ0n) is 14.3. The Kier molecular flexibility index (Phi) is 9.41. The molecule has 6 nitrogen and oxygen atoms in total. The summed E-state index contributed by atoms with van der Waals surface area (Å²) in [7, 11) is 1.62. The fourth-order valence-electron chi connectivity index (χ4n) is 1.66. The SMILES string of the molecule is CC(C)C=O.COCCOCCOc1cc(=O)oc2ccccc12. The Morgan fingerprint density at radius 3 is 2.46 bits per heavy atom. The summed E-state index contributed by atoms with van der Waals surface area (Å²) in [5.41, 5.74) is 0.0966. The number of benzene rings is 1. The number of hydrogen-bond donors (Lipinski definition) is 0. The summed E-state index contributed by atoms with van der Waals surface area (Å²) in [6.45, 7) is 5.60. The van der Waals surface area contributed by atoms with Crippen molar-refractivity contribution >= 4 is 17.3 Å². The Bertz CT molecular complexity index is 662. The first kappa shape index (κ1) is 19.9. The second kappa shape index (κ2) is 11.4. The first-order chi connectivity index (χ1) is 11.6. The van der Waals surface area contributed by atoms with E-state index in [-0.39, 0.29) is 5.92 Å². The van der Waals surface area contributed by atoms with Gasteiger partial charge in [-0.05, 0) is 12.1 Å². The smallest absolute Gasteiger partial charge is 0.339 e. The third-order valence-corrected chi connectivity index (χ3v) is 2.80. The van der Waals surface area contributed by atoms with Crippen molar-refractivity contribution in [2.24, 2.45) is 5.92 Å². The van der Waals surface area contributed by atoms with Crippen molar-refractivity contribution < 1.29 is 23.4 Å². The van der Waals surface area contributed by atoms with Crippen LogP contribution in [0.25, 0.3) is 11.0 Å². The number of methoxy groups -OCH3 is 1. The van der Waals surface area contributed by atoms with Crippen LogP contribution in [0.4, 0.5) is 0 Å². The average Bonchev–Trinajstić information content (AvgIpc) is 2.58. The lowest BCUT2D eigenvalue weighted by molar-refractivity contribution is -0.110. The van der Waals surface area contributed by atoms with Crippen LogP contribution in [0.15, 0.2) is 39.5 Å². The lowest BCUT2D eigenvalue weighted by Crippen LogP contribution is -2.11. The fourth-order valence-corrected chi connectivity index (χ4v) is 1.66. The molecule has 0 amide bonds. The molecule has 1 aromatic heterocycles. The molecular weight excluding hydrogens is 312 g/mol. The zero-order chi connectivity index (χ0) is 17.8. The molecule has 0 saturated carbocycles. The maximum absolute atomic E-state index is 11.4. The summed E-state index contributed by atoms with van der Waals surface area (Å²) in [6.07, 6.45) is 0.917.